The van der Waals surface area contributed by atoms with Crippen LogP contribution >= 0.6 is 11.3 Å². The topological polar surface area (TPSA) is 77.3 Å². The first-order chi connectivity index (χ1) is 30.2. The fraction of sp³-hybridized carbons (Fsp3) is 0. The lowest BCUT2D eigenvalue weighted by Gasteiger charge is -2.10. The molecule has 61 heavy (non-hydrogen) atoms. The summed E-state index contributed by atoms with van der Waals surface area (Å²) in [6.45, 7) is 0. The third-order valence-corrected chi connectivity index (χ3v) is 12.1. The molecule has 6 nitrogen and oxygen atoms in total. The maximum Gasteiger partial charge on any atom is 0.165 e. The van der Waals surface area contributed by atoms with Crippen molar-refractivity contribution in [2.45, 2.75) is 0 Å². The van der Waals surface area contributed by atoms with E-state index in [4.69, 9.17) is 29.9 Å². The summed E-state index contributed by atoms with van der Waals surface area (Å²) in [6, 6.07) is 70.7. The molecule has 3 heterocycles. The second kappa shape index (κ2) is 15.6. The van der Waals surface area contributed by atoms with E-state index in [0.717, 1.165) is 75.8 Å². The Morgan fingerprint density at radius 2 is 0.590 bits per heavy atom. The summed E-state index contributed by atoms with van der Waals surface area (Å²) in [5.74, 6) is 3.74. The molecule has 286 valence electrons. The molecule has 0 bridgehead atoms. The van der Waals surface area contributed by atoms with Gasteiger partial charge in [-0.05, 0) is 46.5 Å². The second-order valence-electron chi connectivity index (χ2n) is 14.7. The van der Waals surface area contributed by atoms with E-state index >= 15 is 0 Å². The monoisotopic (exact) mass is 798 g/mol. The summed E-state index contributed by atoms with van der Waals surface area (Å²) in [4.78, 5) is 30.4. The van der Waals surface area contributed by atoms with Gasteiger partial charge in [-0.1, -0.05) is 182 Å². The Hall–Kier alpha value is -8.00. The standard InChI is InChI=1S/C54H34N6S/c1-5-14-35(15-6-1)37-24-28-41(29-25-37)51-55-49(39-18-9-3-10-19-39)57-53(58-51)43-32-33-47-46(34-43)44-22-13-23-45(48(44)61-47)54-59-50(40-20-11-4-12-21-40)56-52(60-54)42-30-26-38(27-31-42)36-16-7-2-8-17-36/h1-34H. The molecule has 0 saturated heterocycles. The molecule has 0 fully saturated rings. The smallest absolute Gasteiger partial charge is 0.165 e. The first kappa shape index (κ1) is 36.1. The van der Waals surface area contributed by atoms with Gasteiger partial charge in [0.15, 0.2) is 34.9 Å². The molecule has 0 aliphatic carbocycles. The van der Waals surface area contributed by atoms with Gasteiger partial charge in [0.05, 0.1) is 0 Å². The average Bonchev–Trinajstić information content (AvgIpc) is 3.73. The van der Waals surface area contributed by atoms with E-state index in [1.165, 1.54) is 0 Å². The third-order valence-electron chi connectivity index (χ3n) is 10.8. The van der Waals surface area contributed by atoms with Gasteiger partial charge in [0.2, 0.25) is 0 Å². The van der Waals surface area contributed by atoms with Crippen LogP contribution in [0.2, 0.25) is 0 Å². The molecular formula is C54H34N6S. The van der Waals surface area contributed by atoms with E-state index in [9.17, 15) is 0 Å². The number of hydrogen-bond donors (Lipinski definition) is 0. The number of thiophene rings is 1. The fourth-order valence-electron chi connectivity index (χ4n) is 7.69. The molecule has 0 saturated carbocycles. The van der Waals surface area contributed by atoms with Crippen molar-refractivity contribution in [1.29, 1.82) is 0 Å². The van der Waals surface area contributed by atoms with Crippen LogP contribution in [0.1, 0.15) is 0 Å². The quantitative estimate of drug-likeness (QED) is 0.152. The predicted molar refractivity (Wildman–Crippen MR) is 250 cm³/mol. The van der Waals surface area contributed by atoms with E-state index in [-0.39, 0.29) is 0 Å². The van der Waals surface area contributed by atoms with Crippen LogP contribution in [0.5, 0.6) is 0 Å². The highest BCUT2D eigenvalue weighted by Crippen LogP contribution is 2.41. The molecule has 0 atom stereocenters. The minimum absolute atomic E-state index is 0.612. The maximum absolute atomic E-state index is 5.14. The Bertz CT molecular complexity index is 3320. The SMILES string of the molecule is c1ccc(-c2ccc(-c3nc(-c4ccccc4)nc(-c4ccc5sc6c(-c7nc(-c8ccccc8)nc(-c8ccc(-c9ccccc9)cc8)n7)cccc6c5c4)n3)cc2)cc1. The van der Waals surface area contributed by atoms with Crippen molar-refractivity contribution in [3.63, 3.8) is 0 Å². The second-order valence-corrected chi connectivity index (χ2v) is 15.8. The molecule has 8 aromatic carbocycles. The number of rotatable bonds is 8. The molecule has 0 unspecified atom stereocenters. The number of fused-ring (bicyclic) bond motifs is 3. The van der Waals surface area contributed by atoms with Crippen LogP contribution in [-0.2, 0) is 0 Å². The molecule has 3 aromatic heterocycles. The molecular weight excluding hydrogens is 765 g/mol. The Labute approximate surface area is 356 Å². The molecule has 0 amide bonds. The van der Waals surface area contributed by atoms with Crippen molar-refractivity contribution in [3.05, 3.63) is 206 Å². The summed E-state index contributed by atoms with van der Waals surface area (Å²) in [6.07, 6.45) is 0. The molecule has 7 heteroatoms. The van der Waals surface area contributed by atoms with E-state index < -0.39 is 0 Å². The minimum Gasteiger partial charge on any atom is -0.208 e. The molecule has 0 aliphatic rings. The first-order valence-corrected chi connectivity index (χ1v) is 20.9. The van der Waals surface area contributed by atoms with Gasteiger partial charge in [0, 0.05) is 53.6 Å². The van der Waals surface area contributed by atoms with E-state index in [1.807, 2.05) is 72.8 Å². The van der Waals surface area contributed by atoms with Crippen molar-refractivity contribution in [2.75, 3.05) is 0 Å². The molecule has 0 aliphatic heterocycles. The van der Waals surface area contributed by atoms with Crippen molar-refractivity contribution < 1.29 is 0 Å². The lowest BCUT2D eigenvalue weighted by molar-refractivity contribution is 1.07. The third kappa shape index (κ3) is 7.13. The normalized spacial score (nSPS) is 11.3. The highest BCUT2D eigenvalue weighted by Gasteiger charge is 2.19. The predicted octanol–water partition coefficient (Wildman–Crippen LogP) is 13.8. The fourth-order valence-corrected chi connectivity index (χ4v) is 8.88. The molecule has 0 spiro atoms. The van der Waals surface area contributed by atoms with Crippen LogP contribution in [0.15, 0.2) is 206 Å². The summed E-state index contributed by atoms with van der Waals surface area (Å²) in [5.41, 5.74) is 10.2. The highest BCUT2D eigenvalue weighted by atomic mass is 32.1. The van der Waals surface area contributed by atoms with Gasteiger partial charge in [0.1, 0.15) is 0 Å². The van der Waals surface area contributed by atoms with Gasteiger partial charge in [-0.2, -0.15) is 0 Å². The summed E-state index contributed by atoms with van der Waals surface area (Å²) in [7, 11) is 0. The van der Waals surface area contributed by atoms with Crippen LogP contribution in [-0.4, -0.2) is 29.9 Å². The summed E-state index contributed by atoms with van der Waals surface area (Å²) >= 11 is 1.74. The zero-order valence-corrected chi connectivity index (χ0v) is 33.5. The minimum atomic E-state index is 0.612. The zero-order chi connectivity index (χ0) is 40.5. The van der Waals surface area contributed by atoms with Crippen molar-refractivity contribution >= 4 is 31.5 Å². The number of hydrogen-bond acceptors (Lipinski definition) is 7. The van der Waals surface area contributed by atoms with E-state index in [0.29, 0.717) is 34.9 Å². The van der Waals surface area contributed by atoms with Gasteiger partial charge in [-0.3, -0.25) is 0 Å². The molecule has 0 N–H and O–H groups in total. The lowest BCUT2D eigenvalue weighted by atomic mass is 10.0. The molecule has 11 aromatic rings. The largest absolute Gasteiger partial charge is 0.208 e. The average molecular weight is 799 g/mol. The summed E-state index contributed by atoms with van der Waals surface area (Å²) < 4.78 is 2.25. The van der Waals surface area contributed by atoms with E-state index in [1.54, 1.807) is 11.3 Å². The Kier molecular flexibility index (Phi) is 9.26. The van der Waals surface area contributed by atoms with Gasteiger partial charge in [-0.25, -0.2) is 29.9 Å². The number of aromatic nitrogens is 6. The van der Waals surface area contributed by atoms with Crippen LogP contribution in [0.25, 0.3) is 111 Å². The highest BCUT2D eigenvalue weighted by molar-refractivity contribution is 7.26. The first-order valence-electron chi connectivity index (χ1n) is 20.1. The van der Waals surface area contributed by atoms with Gasteiger partial charge in [-0.15, -0.1) is 11.3 Å². The van der Waals surface area contributed by atoms with E-state index in [2.05, 4.69) is 133 Å². The van der Waals surface area contributed by atoms with Crippen LogP contribution < -0.4 is 0 Å². The van der Waals surface area contributed by atoms with Crippen molar-refractivity contribution in [2.24, 2.45) is 0 Å². The number of nitrogens with zero attached hydrogens (tertiary/aromatic N) is 6. The summed E-state index contributed by atoms with van der Waals surface area (Å²) in [5, 5.41) is 2.23. The molecule has 11 rings (SSSR count). The van der Waals surface area contributed by atoms with Gasteiger partial charge >= 0.3 is 0 Å². The van der Waals surface area contributed by atoms with Crippen molar-refractivity contribution in [3.8, 4) is 90.6 Å². The Morgan fingerprint density at radius 1 is 0.246 bits per heavy atom. The van der Waals surface area contributed by atoms with Crippen molar-refractivity contribution in [1.82, 2.24) is 29.9 Å². The zero-order valence-electron chi connectivity index (χ0n) is 32.7. The molecule has 0 radical (unpaired) electrons. The maximum atomic E-state index is 5.14. The van der Waals surface area contributed by atoms with Gasteiger partial charge < -0.3 is 0 Å². The lowest BCUT2D eigenvalue weighted by Crippen LogP contribution is -2.00. The van der Waals surface area contributed by atoms with Crippen LogP contribution in [0, 0.1) is 0 Å². The Balaban J connectivity index is 1.01. The van der Waals surface area contributed by atoms with Crippen LogP contribution in [0.4, 0.5) is 0 Å². The Morgan fingerprint density at radius 3 is 1.05 bits per heavy atom. The number of benzene rings is 8. The van der Waals surface area contributed by atoms with Crippen LogP contribution in [0.3, 0.4) is 0 Å². The van der Waals surface area contributed by atoms with Gasteiger partial charge in [0.25, 0.3) is 0 Å².